The number of aliphatic hydroxyl groups excluding tert-OH is 1. The maximum absolute atomic E-state index is 13.3. The Hall–Kier alpha value is -2.41. The van der Waals surface area contributed by atoms with E-state index in [1.165, 1.54) is 4.90 Å². The summed E-state index contributed by atoms with van der Waals surface area (Å²) in [5.41, 5.74) is -1.03. The Bertz CT molecular complexity index is 817. The zero-order chi connectivity index (χ0) is 22.3. The normalized spacial score (nSPS) is 30.9. The van der Waals surface area contributed by atoms with Crippen LogP contribution in [-0.2, 0) is 19.1 Å². The zero-order valence-corrected chi connectivity index (χ0v) is 18.3. The third kappa shape index (κ3) is 3.71. The molecule has 7 heteroatoms. The minimum absolute atomic E-state index is 0.0981. The highest BCUT2D eigenvalue weighted by Gasteiger charge is 2.66. The highest BCUT2D eigenvalue weighted by molar-refractivity contribution is 5.92. The van der Waals surface area contributed by atoms with E-state index in [0.717, 1.165) is 5.56 Å². The average Bonchev–Trinajstić information content (AvgIpc) is 3.14. The first-order valence-corrected chi connectivity index (χ1v) is 10.4. The first-order valence-electron chi connectivity index (χ1n) is 10.4. The molecule has 1 aromatic rings. The largest absolute Gasteiger partial charge is 0.464 e. The average molecular weight is 418 g/mol. The zero-order valence-electron chi connectivity index (χ0n) is 18.3. The van der Waals surface area contributed by atoms with Crippen LogP contribution in [0.4, 0.5) is 4.79 Å². The van der Waals surface area contributed by atoms with Crippen molar-refractivity contribution in [3.8, 4) is 0 Å². The summed E-state index contributed by atoms with van der Waals surface area (Å²) in [6.07, 6.45) is -0.523. The van der Waals surface area contributed by atoms with Gasteiger partial charge in [0.25, 0.3) is 0 Å². The lowest BCUT2D eigenvalue weighted by molar-refractivity contribution is -0.150. The number of hydrogen-bond donors (Lipinski definition) is 1. The molecule has 5 atom stereocenters. The van der Waals surface area contributed by atoms with Crippen LogP contribution in [0.2, 0.25) is 0 Å². The SMILES string of the molecule is CCOC(=O)[C@@H]1[C@H]2CC(=O)[C@](C)(CO)[C@H]2[C@@H](c2ccccc2)N1C(=O)OC(C)(C)C. The monoisotopic (exact) mass is 417 g/mol. The minimum Gasteiger partial charge on any atom is -0.464 e. The second-order valence-electron chi connectivity index (χ2n) is 9.33. The summed E-state index contributed by atoms with van der Waals surface area (Å²) < 4.78 is 11.0. The van der Waals surface area contributed by atoms with Crippen molar-refractivity contribution in [3.05, 3.63) is 35.9 Å². The number of carbonyl (C=O) groups excluding carboxylic acids is 3. The number of benzene rings is 1. The summed E-state index contributed by atoms with van der Waals surface area (Å²) in [4.78, 5) is 40.7. The number of Topliss-reactive ketones (excluding diaryl/α,β-unsaturated/α-hetero) is 1. The van der Waals surface area contributed by atoms with Crippen molar-refractivity contribution in [2.24, 2.45) is 17.3 Å². The Morgan fingerprint density at radius 2 is 1.87 bits per heavy atom. The fourth-order valence-corrected chi connectivity index (χ4v) is 4.95. The van der Waals surface area contributed by atoms with Gasteiger partial charge in [-0.3, -0.25) is 9.69 Å². The number of likely N-dealkylation sites (tertiary alicyclic amines) is 1. The maximum atomic E-state index is 13.3. The fraction of sp³-hybridized carbons (Fsp3) is 0.609. The van der Waals surface area contributed by atoms with E-state index < -0.39 is 47.0 Å². The van der Waals surface area contributed by atoms with Gasteiger partial charge in [-0.2, -0.15) is 0 Å². The Morgan fingerprint density at radius 3 is 2.40 bits per heavy atom. The Kier molecular flexibility index (Phi) is 5.96. The smallest absolute Gasteiger partial charge is 0.411 e. The molecule has 2 aliphatic rings. The Morgan fingerprint density at radius 1 is 1.23 bits per heavy atom. The number of nitrogens with zero attached hydrogens (tertiary/aromatic N) is 1. The molecule has 164 valence electrons. The lowest BCUT2D eigenvalue weighted by atomic mass is 9.72. The van der Waals surface area contributed by atoms with Gasteiger partial charge < -0.3 is 14.6 Å². The molecule has 0 spiro atoms. The molecule has 7 nitrogen and oxygen atoms in total. The highest BCUT2D eigenvalue weighted by Crippen LogP contribution is 2.59. The van der Waals surface area contributed by atoms with Crippen LogP contribution in [0.3, 0.4) is 0 Å². The number of amides is 1. The van der Waals surface area contributed by atoms with Gasteiger partial charge in [0.2, 0.25) is 0 Å². The Balaban J connectivity index is 2.17. The van der Waals surface area contributed by atoms with Crippen LogP contribution < -0.4 is 0 Å². The molecule has 0 unspecified atom stereocenters. The molecule has 1 aliphatic carbocycles. The summed E-state index contributed by atoms with van der Waals surface area (Å²) in [5, 5.41) is 10.2. The second kappa shape index (κ2) is 8.02. The van der Waals surface area contributed by atoms with Gasteiger partial charge in [0.05, 0.1) is 24.7 Å². The number of carbonyl (C=O) groups is 3. The Labute approximate surface area is 177 Å². The number of rotatable bonds is 4. The molecule has 0 bridgehead atoms. The second-order valence-corrected chi connectivity index (χ2v) is 9.33. The molecule has 0 radical (unpaired) electrons. The standard InChI is InChI=1S/C23H31NO6/c1-6-29-20(27)19-15-12-16(26)23(5,13-25)17(15)18(14-10-8-7-9-11-14)24(19)21(28)30-22(2,3)4/h7-11,15,17-19,25H,6,12-13H2,1-5H3/t15-,17+,18+,19-,23-/m0/s1. The van der Waals surface area contributed by atoms with E-state index in [1.807, 2.05) is 30.3 Å². The molecular formula is C23H31NO6. The van der Waals surface area contributed by atoms with Gasteiger partial charge in [-0.05, 0) is 33.3 Å². The van der Waals surface area contributed by atoms with Gasteiger partial charge in [0.1, 0.15) is 17.4 Å². The summed E-state index contributed by atoms with van der Waals surface area (Å²) in [5.74, 6) is -1.53. The van der Waals surface area contributed by atoms with Gasteiger partial charge in [-0.25, -0.2) is 9.59 Å². The van der Waals surface area contributed by atoms with E-state index in [4.69, 9.17) is 9.47 Å². The molecule has 0 aromatic heterocycles. The van der Waals surface area contributed by atoms with Crippen molar-refractivity contribution in [2.75, 3.05) is 13.2 Å². The van der Waals surface area contributed by atoms with Crippen LogP contribution in [-0.4, -0.2) is 52.7 Å². The lowest BCUT2D eigenvalue weighted by Gasteiger charge is -2.37. The van der Waals surface area contributed by atoms with E-state index >= 15 is 0 Å². The molecule has 1 amide bonds. The number of ether oxygens (including phenoxy) is 2. The van der Waals surface area contributed by atoms with E-state index in [-0.39, 0.29) is 25.4 Å². The summed E-state index contributed by atoms with van der Waals surface area (Å²) in [7, 11) is 0. The van der Waals surface area contributed by atoms with Crippen molar-refractivity contribution in [3.63, 3.8) is 0 Å². The molecule has 3 rings (SSSR count). The minimum atomic E-state index is -1.06. The van der Waals surface area contributed by atoms with Gasteiger partial charge >= 0.3 is 12.1 Å². The van der Waals surface area contributed by atoms with Crippen molar-refractivity contribution in [1.29, 1.82) is 0 Å². The number of fused-ring (bicyclic) bond motifs is 1. The number of ketones is 1. The molecule has 1 heterocycles. The maximum Gasteiger partial charge on any atom is 0.411 e. The molecule has 1 N–H and O–H groups in total. The van der Waals surface area contributed by atoms with Gasteiger partial charge in [0, 0.05) is 18.3 Å². The molecule has 2 fully saturated rings. The van der Waals surface area contributed by atoms with Crippen molar-refractivity contribution in [1.82, 2.24) is 4.90 Å². The summed E-state index contributed by atoms with van der Waals surface area (Å²) in [6.45, 7) is 8.52. The first-order chi connectivity index (χ1) is 14.0. The van der Waals surface area contributed by atoms with E-state index in [0.29, 0.717) is 0 Å². The third-order valence-electron chi connectivity index (χ3n) is 6.20. The van der Waals surface area contributed by atoms with Crippen molar-refractivity contribution >= 4 is 17.8 Å². The van der Waals surface area contributed by atoms with E-state index in [9.17, 15) is 19.5 Å². The molecule has 1 aromatic carbocycles. The predicted molar refractivity (Wildman–Crippen MR) is 109 cm³/mol. The van der Waals surface area contributed by atoms with Gasteiger partial charge in [0.15, 0.2) is 0 Å². The van der Waals surface area contributed by atoms with E-state index in [1.54, 1.807) is 34.6 Å². The third-order valence-corrected chi connectivity index (χ3v) is 6.20. The summed E-state index contributed by atoms with van der Waals surface area (Å²) in [6, 6.07) is 7.75. The van der Waals surface area contributed by atoms with Crippen LogP contribution in [0.15, 0.2) is 30.3 Å². The molecule has 1 saturated carbocycles. The topological polar surface area (TPSA) is 93.1 Å². The van der Waals surface area contributed by atoms with Crippen LogP contribution in [0.5, 0.6) is 0 Å². The van der Waals surface area contributed by atoms with Crippen molar-refractivity contribution in [2.45, 2.75) is 58.7 Å². The van der Waals surface area contributed by atoms with Crippen LogP contribution in [0.25, 0.3) is 0 Å². The highest BCUT2D eigenvalue weighted by atomic mass is 16.6. The molecule has 30 heavy (non-hydrogen) atoms. The quantitative estimate of drug-likeness (QED) is 0.757. The van der Waals surface area contributed by atoms with Crippen LogP contribution in [0.1, 0.15) is 52.6 Å². The fourth-order valence-electron chi connectivity index (χ4n) is 4.95. The lowest BCUT2D eigenvalue weighted by Crippen LogP contribution is -2.48. The van der Waals surface area contributed by atoms with E-state index in [2.05, 4.69) is 0 Å². The van der Waals surface area contributed by atoms with Crippen LogP contribution >= 0.6 is 0 Å². The number of aliphatic hydroxyl groups is 1. The van der Waals surface area contributed by atoms with Gasteiger partial charge in [-0.1, -0.05) is 37.3 Å². The number of hydrogen-bond acceptors (Lipinski definition) is 6. The van der Waals surface area contributed by atoms with Crippen molar-refractivity contribution < 1.29 is 29.0 Å². The number of esters is 1. The molecular weight excluding hydrogens is 386 g/mol. The van der Waals surface area contributed by atoms with Gasteiger partial charge in [-0.15, -0.1) is 0 Å². The molecule has 1 aliphatic heterocycles. The summed E-state index contributed by atoms with van der Waals surface area (Å²) >= 11 is 0. The molecule has 1 saturated heterocycles. The predicted octanol–water partition coefficient (Wildman–Crippen LogP) is 3.11. The first kappa shape index (κ1) is 22.3. The van der Waals surface area contributed by atoms with Crippen LogP contribution in [0, 0.1) is 17.3 Å².